The highest BCUT2D eigenvalue weighted by Crippen LogP contribution is 2.34. The fraction of sp³-hybridized carbons (Fsp3) is 0.588. The Morgan fingerprint density at radius 1 is 1.16 bits per heavy atom. The minimum atomic E-state index is -0.900. The van der Waals surface area contributed by atoms with Crippen molar-refractivity contribution in [3.8, 4) is 0 Å². The van der Waals surface area contributed by atoms with Crippen molar-refractivity contribution in [2.75, 3.05) is 26.2 Å². The van der Waals surface area contributed by atoms with E-state index in [4.69, 9.17) is 4.74 Å². The molecule has 0 radical (unpaired) electrons. The summed E-state index contributed by atoms with van der Waals surface area (Å²) < 4.78 is 32.9. The summed E-state index contributed by atoms with van der Waals surface area (Å²) in [5, 5.41) is 0. The number of carbonyl (C=O) groups is 2. The van der Waals surface area contributed by atoms with E-state index in [1.165, 1.54) is 4.90 Å². The lowest BCUT2D eigenvalue weighted by Crippen LogP contribution is -2.48. The average molecular weight is 351 g/mol. The number of aromatic nitrogens is 1. The maximum atomic E-state index is 13.8. The van der Waals surface area contributed by atoms with Gasteiger partial charge in [-0.15, -0.1) is 0 Å². The van der Waals surface area contributed by atoms with Crippen molar-refractivity contribution in [2.24, 2.45) is 5.92 Å². The molecule has 6 nitrogen and oxygen atoms in total. The van der Waals surface area contributed by atoms with Crippen LogP contribution in [0.1, 0.15) is 29.6 Å². The second kappa shape index (κ2) is 6.33. The molecule has 2 bridgehead atoms. The monoisotopic (exact) mass is 351 g/mol. The van der Waals surface area contributed by atoms with Gasteiger partial charge in [-0.05, 0) is 19.3 Å². The summed E-state index contributed by atoms with van der Waals surface area (Å²) in [7, 11) is 0. The highest BCUT2D eigenvalue weighted by molar-refractivity contribution is 5.94. The van der Waals surface area contributed by atoms with Crippen LogP contribution in [-0.4, -0.2) is 65.0 Å². The summed E-state index contributed by atoms with van der Waals surface area (Å²) >= 11 is 0. The van der Waals surface area contributed by atoms with Crippen molar-refractivity contribution in [3.05, 3.63) is 29.6 Å². The molecular formula is C17H19F2N3O3. The van der Waals surface area contributed by atoms with Gasteiger partial charge in [0.15, 0.2) is 5.82 Å². The second-order valence-electron chi connectivity index (χ2n) is 6.87. The summed E-state index contributed by atoms with van der Waals surface area (Å²) in [4.78, 5) is 31.7. The summed E-state index contributed by atoms with van der Waals surface area (Å²) in [5.74, 6) is -2.52. The van der Waals surface area contributed by atoms with Gasteiger partial charge in [0.1, 0.15) is 0 Å². The number of amides is 2. The van der Waals surface area contributed by atoms with E-state index in [-0.39, 0.29) is 42.7 Å². The van der Waals surface area contributed by atoms with E-state index in [0.29, 0.717) is 12.6 Å². The van der Waals surface area contributed by atoms with Gasteiger partial charge in [0.25, 0.3) is 5.91 Å². The van der Waals surface area contributed by atoms with Crippen LogP contribution in [0.2, 0.25) is 0 Å². The molecule has 3 saturated heterocycles. The molecule has 25 heavy (non-hydrogen) atoms. The Balaban J connectivity index is 1.49. The van der Waals surface area contributed by atoms with Crippen LogP contribution in [0.5, 0.6) is 0 Å². The number of nitrogens with zero attached hydrogens (tertiary/aromatic N) is 3. The lowest BCUT2D eigenvalue weighted by molar-refractivity contribution is -0.137. The van der Waals surface area contributed by atoms with E-state index in [1.54, 1.807) is 0 Å². The quantitative estimate of drug-likeness (QED) is 0.752. The molecule has 1 aromatic rings. The largest absolute Gasteiger partial charge is 0.370 e. The fourth-order valence-corrected chi connectivity index (χ4v) is 4.00. The van der Waals surface area contributed by atoms with Gasteiger partial charge in [-0.25, -0.2) is 9.37 Å². The standard InChI is InChI=1S/C17H19F2N3O3/c18-13-7-20-15(19)6-11(13)16(23)22-8-10-5-12(14(9-22)25-10)17(24)21-3-1-2-4-21/h6-7,10,12,14H,1-5,8-9H2. The molecule has 4 heterocycles. The number of pyridine rings is 1. The molecule has 0 aliphatic carbocycles. The number of halogens is 2. The highest BCUT2D eigenvalue weighted by Gasteiger charge is 2.47. The van der Waals surface area contributed by atoms with Crippen LogP contribution in [0.15, 0.2) is 12.3 Å². The first kappa shape index (κ1) is 16.4. The fourth-order valence-electron chi connectivity index (χ4n) is 4.00. The number of rotatable bonds is 2. The molecule has 0 spiro atoms. The van der Waals surface area contributed by atoms with Gasteiger partial charge in [0, 0.05) is 32.2 Å². The molecule has 3 atom stereocenters. The molecule has 1 aromatic heterocycles. The van der Waals surface area contributed by atoms with Crippen LogP contribution >= 0.6 is 0 Å². The van der Waals surface area contributed by atoms with Crippen molar-refractivity contribution in [3.63, 3.8) is 0 Å². The molecule has 0 N–H and O–H groups in total. The van der Waals surface area contributed by atoms with Crippen LogP contribution in [0.25, 0.3) is 0 Å². The van der Waals surface area contributed by atoms with Gasteiger partial charge < -0.3 is 14.5 Å². The molecule has 3 unspecified atom stereocenters. The van der Waals surface area contributed by atoms with Crippen LogP contribution in [-0.2, 0) is 9.53 Å². The Morgan fingerprint density at radius 2 is 1.92 bits per heavy atom. The summed E-state index contributed by atoms with van der Waals surface area (Å²) in [6.45, 7) is 2.04. The first-order valence-electron chi connectivity index (χ1n) is 8.57. The maximum absolute atomic E-state index is 13.8. The smallest absolute Gasteiger partial charge is 0.257 e. The number of fused-ring (bicyclic) bond motifs is 2. The maximum Gasteiger partial charge on any atom is 0.257 e. The third-order valence-electron chi connectivity index (χ3n) is 5.23. The SMILES string of the molecule is O=C(c1cc(F)ncc1F)N1CC2CC(C(=O)N3CCCC3)C(C1)O2. The molecule has 2 amide bonds. The normalized spacial score (nSPS) is 28.5. The zero-order chi connectivity index (χ0) is 17.6. The van der Waals surface area contributed by atoms with Crippen LogP contribution in [0.4, 0.5) is 8.78 Å². The van der Waals surface area contributed by atoms with Gasteiger partial charge in [0.2, 0.25) is 11.9 Å². The van der Waals surface area contributed by atoms with Gasteiger partial charge >= 0.3 is 0 Å². The van der Waals surface area contributed by atoms with E-state index in [0.717, 1.165) is 32.0 Å². The van der Waals surface area contributed by atoms with E-state index in [9.17, 15) is 18.4 Å². The van der Waals surface area contributed by atoms with Crippen molar-refractivity contribution in [1.29, 1.82) is 0 Å². The number of hydrogen-bond donors (Lipinski definition) is 0. The average Bonchev–Trinajstić information content (AvgIpc) is 3.24. The molecule has 3 fully saturated rings. The van der Waals surface area contributed by atoms with Crippen LogP contribution < -0.4 is 0 Å². The van der Waals surface area contributed by atoms with Crippen molar-refractivity contribution in [1.82, 2.24) is 14.8 Å². The van der Waals surface area contributed by atoms with Gasteiger partial charge in [0.05, 0.1) is 29.9 Å². The third-order valence-corrected chi connectivity index (χ3v) is 5.23. The second-order valence-corrected chi connectivity index (χ2v) is 6.87. The molecular weight excluding hydrogens is 332 g/mol. The van der Waals surface area contributed by atoms with Crippen molar-refractivity contribution < 1.29 is 23.1 Å². The predicted octanol–water partition coefficient (Wildman–Crippen LogP) is 1.21. The summed E-state index contributed by atoms with van der Waals surface area (Å²) in [6, 6.07) is 0.807. The minimum Gasteiger partial charge on any atom is -0.370 e. The van der Waals surface area contributed by atoms with Crippen LogP contribution in [0.3, 0.4) is 0 Å². The summed E-state index contributed by atoms with van der Waals surface area (Å²) in [5.41, 5.74) is -0.337. The first-order valence-corrected chi connectivity index (χ1v) is 8.57. The van der Waals surface area contributed by atoms with Gasteiger partial charge in [-0.2, -0.15) is 4.39 Å². The zero-order valence-corrected chi connectivity index (χ0v) is 13.7. The Kier molecular flexibility index (Phi) is 4.15. The van der Waals surface area contributed by atoms with Crippen molar-refractivity contribution >= 4 is 11.8 Å². The molecule has 8 heteroatoms. The first-order chi connectivity index (χ1) is 12.0. The Hall–Kier alpha value is -2.09. The Morgan fingerprint density at radius 3 is 2.68 bits per heavy atom. The molecule has 3 aliphatic rings. The van der Waals surface area contributed by atoms with E-state index in [2.05, 4.69) is 4.98 Å². The number of ether oxygens (including phenoxy) is 1. The van der Waals surface area contributed by atoms with E-state index >= 15 is 0 Å². The highest BCUT2D eigenvalue weighted by atomic mass is 19.1. The zero-order valence-electron chi connectivity index (χ0n) is 13.7. The molecule has 134 valence electrons. The lowest BCUT2D eigenvalue weighted by atomic mass is 9.99. The number of likely N-dealkylation sites (tertiary alicyclic amines) is 2. The van der Waals surface area contributed by atoms with E-state index < -0.39 is 17.7 Å². The Bertz CT molecular complexity index is 708. The molecule has 4 rings (SSSR count). The molecule has 3 aliphatic heterocycles. The van der Waals surface area contributed by atoms with Gasteiger partial charge in [-0.3, -0.25) is 9.59 Å². The predicted molar refractivity (Wildman–Crippen MR) is 82.6 cm³/mol. The number of carbonyl (C=O) groups excluding carboxylic acids is 2. The topological polar surface area (TPSA) is 62.7 Å². The van der Waals surface area contributed by atoms with Gasteiger partial charge in [-0.1, -0.05) is 0 Å². The third kappa shape index (κ3) is 2.99. The number of morpholine rings is 1. The molecule has 0 aromatic carbocycles. The van der Waals surface area contributed by atoms with E-state index in [1.807, 2.05) is 4.90 Å². The van der Waals surface area contributed by atoms with Crippen molar-refractivity contribution in [2.45, 2.75) is 31.5 Å². The summed E-state index contributed by atoms with van der Waals surface area (Å²) in [6.07, 6.45) is 2.68. The lowest BCUT2D eigenvalue weighted by Gasteiger charge is -2.33. The molecule has 0 saturated carbocycles. The Labute approximate surface area is 143 Å². The van der Waals surface area contributed by atoms with Crippen LogP contribution in [0, 0.1) is 17.7 Å². The minimum absolute atomic E-state index is 0.0837. The number of hydrogen-bond acceptors (Lipinski definition) is 4.